The standard InChI is InChI=1S/C22H26N4O3/c1-16-23-18(21(27)26-10-4-6-17-5-2-3-7-19(17)26)15-20(24-16)25-11-8-22(9-12-25)28-13-14-29-22/h2-3,5,7,15H,4,6,8-14H2,1H3. The molecule has 0 bridgehead atoms. The zero-order valence-electron chi connectivity index (χ0n) is 16.8. The highest BCUT2D eigenvalue weighted by Gasteiger charge is 2.40. The van der Waals surface area contributed by atoms with Crippen molar-refractivity contribution in [3.63, 3.8) is 0 Å². The predicted molar refractivity (Wildman–Crippen MR) is 109 cm³/mol. The summed E-state index contributed by atoms with van der Waals surface area (Å²) < 4.78 is 11.6. The third kappa shape index (κ3) is 3.49. The Labute approximate surface area is 170 Å². The molecule has 4 heterocycles. The van der Waals surface area contributed by atoms with Crippen LogP contribution in [0, 0.1) is 6.92 Å². The number of rotatable bonds is 2. The molecule has 0 saturated carbocycles. The van der Waals surface area contributed by atoms with Crippen LogP contribution in [-0.2, 0) is 15.9 Å². The van der Waals surface area contributed by atoms with Gasteiger partial charge in [-0.2, -0.15) is 0 Å². The number of anilines is 2. The highest BCUT2D eigenvalue weighted by atomic mass is 16.7. The van der Waals surface area contributed by atoms with Gasteiger partial charge >= 0.3 is 0 Å². The van der Waals surface area contributed by atoms with Crippen molar-refractivity contribution in [1.82, 2.24) is 9.97 Å². The van der Waals surface area contributed by atoms with Gasteiger partial charge in [-0.05, 0) is 31.4 Å². The van der Waals surface area contributed by atoms with Crippen LogP contribution in [0.2, 0.25) is 0 Å². The fraction of sp³-hybridized carbons (Fsp3) is 0.500. The number of carbonyl (C=O) groups excluding carboxylic acids is 1. The smallest absolute Gasteiger partial charge is 0.277 e. The van der Waals surface area contributed by atoms with Gasteiger partial charge in [-0.25, -0.2) is 9.97 Å². The van der Waals surface area contributed by atoms with Gasteiger partial charge in [-0.1, -0.05) is 18.2 Å². The lowest BCUT2D eigenvalue weighted by Gasteiger charge is -2.38. The lowest BCUT2D eigenvalue weighted by atomic mass is 10.0. The van der Waals surface area contributed by atoms with Crippen LogP contribution in [0.3, 0.4) is 0 Å². The number of ether oxygens (including phenoxy) is 2. The fourth-order valence-corrected chi connectivity index (χ4v) is 4.57. The number of piperidine rings is 1. The molecule has 0 N–H and O–H groups in total. The maximum absolute atomic E-state index is 13.3. The van der Waals surface area contributed by atoms with E-state index in [1.54, 1.807) is 0 Å². The van der Waals surface area contributed by atoms with Crippen molar-refractivity contribution < 1.29 is 14.3 Å². The van der Waals surface area contributed by atoms with Crippen LogP contribution in [0.25, 0.3) is 0 Å². The van der Waals surface area contributed by atoms with E-state index in [4.69, 9.17) is 9.47 Å². The van der Waals surface area contributed by atoms with Crippen LogP contribution in [0.1, 0.15) is 41.1 Å². The van der Waals surface area contributed by atoms with E-state index in [0.29, 0.717) is 24.7 Å². The van der Waals surface area contributed by atoms with Gasteiger partial charge < -0.3 is 19.3 Å². The van der Waals surface area contributed by atoms with E-state index in [1.807, 2.05) is 36.1 Å². The molecule has 0 unspecified atom stereocenters. The molecule has 1 spiro atoms. The molecule has 1 aromatic heterocycles. The van der Waals surface area contributed by atoms with Crippen LogP contribution in [0.5, 0.6) is 0 Å². The number of fused-ring (bicyclic) bond motifs is 1. The third-order valence-electron chi connectivity index (χ3n) is 6.06. The minimum Gasteiger partial charge on any atom is -0.356 e. The van der Waals surface area contributed by atoms with Gasteiger partial charge in [0, 0.05) is 44.2 Å². The molecular formula is C22H26N4O3. The van der Waals surface area contributed by atoms with Crippen LogP contribution in [0.4, 0.5) is 11.5 Å². The summed E-state index contributed by atoms with van der Waals surface area (Å²) in [7, 11) is 0. The molecule has 1 aromatic carbocycles. The molecule has 2 saturated heterocycles. The first-order valence-electron chi connectivity index (χ1n) is 10.4. The Hall–Kier alpha value is -2.51. The summed E-state index contributed by atoms with van der Waals surface area (Å²) in [5, 5.41) is 0. The first kappa shape index (κ1) is 18.5. The molecule has 152 valence electrons. The van der Waals surface area contributed by atoms with E-state index in [0.717, 1.165) is 56.8 Å². The van der Waals surface area contributed by atoms with Crippen molar-refractivity contribution in [3.8, 4) is 0 Å². The number of nitrogens with zero attached hydrogens (tertiary/aromatic N) is 4. The van der Waals surface area contributed by atoms with Gasteiger partial charge in [0.1, 0.15) is 17.3 Å². The molecule has 5 rings (SSSR count). The Balaban J connectivity index is 1.38. The molecule has 7 nitrogen and oxygen atoms in total. The van der Waals surface area contributed by atoms with Gasteiger partial charge in [-0.3, -0.25) is 4.79 Å². The predicted octanol–water partition coefficient (Wildman–Crippen LogP) is 2.72. The number of carbonyl (C=O) groups is 1. The second kappa shape index (κ2) is 7.39. The van der Waals surface area contributed by atoms with E-state index in [1.165, 1.54) is 5.56 Å². The molecule has 2 fully saturated rings. The Bertz CT molecular complexity index is 916. The monoisotopic (exact) mass is 394 g/mol. The molecule has 0 radical (unpaired) electrons. The average molecular weight is 394 g/mol. The Morgan fingerprint density at radius 3 is 2.62 bits per heavy atom. The number of benzene rings is 1. The minimum atomic E-state index is -0.422. The molecule has 3 aliphatic rings. The van der Waals surface area contributed by atoms with E-state index in [9.17, 15) is 4.79 Å². The van der Waals surface area contributed by atoms with Gasteiger partial charge in [-0.15, -0.1) is 0 Å². The van der Waals surface area contributed by atoms with Gasteiger partial charge in [0.2, 0.25) is 0 Å². The Morgan fingerprint density at radius 1 is 1.07 bits per heavy atom. The first-order valence-corrected chi connectivity index (χ1v) is 10.4. The molecule has 7 heteroatoms. The average Bonchev–Trinajstić information content (AvgIpc) is 3.21. The number of aryl methyl sites for hydroxylation is 2. The third-order valence-corrected chi connectivity index (χ3v) is 6.06. The second-order valence-corrected chi connectivity index (χ2v) is 7.94. The highest BCUT2D eigenvalue weighted by Crippen LogP contribution is 2.33. The molecule has 29 heavy (non-hydrogen) atoms. The van der Waals surface area contributed by atoms with E-state index < -0.39 is 5.79 Å². The summed E-state index contributed by atoms with van der Waals surface area (Å²) >= 11 is 0. The number of amides is 1. The second-order valence-electron chi connectivity index (χ2n) is 7.94. The van der Waals surface area contributed by atoms with Crippen molar-refractivity contribution >= 4 is 17.4 Å². The fourth-order valence-electron chi connectivity index (χ4n) is 4.57. The van der Waals surface area contributed by atoms with Crippen LogP contribution >= 0.6 is 0 Å². The zero-order chi connectivity index (χ0) is 19.8. The summed E-state index contributed by atoms with van der Waals surface area (Å²) in [6.07, 6.45) is 3.58. The molecular weight excluding hydrogens is 368 g/mol. The normalized spacial score (nSPS) is 20.7. The SMILES string of the molecule is Cc1nc(C(=O)N2CCCc3ccccc32)cc(N2CCC3(CC2)OCCO3)n1. The topological polar surface area (TPSA) is 67.8 Å². The maximum Gasteiger partial charge on any atom is 0.277 e. The van der Waals surface area contributed by atoms with Crippen molar-refractivity contribution in [2.75, 3.05) is 42.6 Å². The summed E-state index contributed by atoms with van der Waals surface area (Å²) in [5.74, 6) is 0.943. The number of para-hydroxylation sites is 1. The van der Waals surface area contributed by atoms with Crippen molar-refractivity contribution in [2.24, 2.45) is 0 Å². The van der Waals surface area contributed by atoms with Gasteiger partial charge in [0.05, 0.1) is 13.2 Å². The summed E-state index contributed by atoms with van der Waals surface area (Å²) in [6, 6.07) is 9.97. The first-order chi connectivity index (χ1) is 14.1. The lowest BCUT2D eigenvalue weighted by Crippen LogP contribution is -2.45. The Morgan fingerprint density at radius 2 is 1.83 bits per heavy atom. The highest BCUT2D eigenvalue weighted by molar-refractivity contribution is 6.05. The minimum absolute atomic E-state index is 0.0557. The Kier molecular flexibility index (Phi) is 4.72. The molecule has 3 aliphatic heterocycles. The quantitative estimate of drug-likeness (QED) is 0.780. The van der Waals surface area contributed by atoms with Crippen molar-refractivity contribution in [1.29, 1.82) is 0 Å². The van der Waals surface area contributed by atoms with Crippen LogP contribution in [-0.4, -0.2) is 54.5 Å². The summed E-state index contributed by atoms with van der Waals surface area (Å²) in [5.41, 5.74) is 2.67. The molecule has 0 atom stereocenters. The molecule has 2 aromatic rings. The van der Waals surface area contributed by atoms with Crippen LogP contribution < -0.4 is 9.80 Å². The van der Waals surface area contributed by atoms with Crippen molar-refractivity contribution in [2.45, 2.75) is 38.4 Å². The summed E-state index contributed by atoms with van der Waals surface area (Å²) in [6.45, 7) is 5.48. The number of hydrogen-bond donors (Lipinski definition) is 0. The zero-order valence-corrected chi connectivity index (χ0v) is 16.8. The number of aromatic nitrogens is 2. The largest absolute Gasteiger partial charge is 0.356 e. The van der Waals surface area contributed by atoms with E-state index >= 15 is 0 Å². The van der Waals surface area contributed by atoms with Crippen molar-refractivity contribution in [3.05, 3.63) is 47.4 Å². The summed E-state index contributed by atoms with van der Waals surface area (Å²) in [4.78, 5) is 26.5. The van der Waals surface area contributed by atoms with E-state index in [2.05, 4.69) is 20.9 Å². The maximum atomic E-state index is 13.3. The number of hydrogen-bond acceptors (Lipinski definition) is 6. The van der Waals surface area contributed by atoms with E-state index in [-0.39, 0.29) is 5.91 Å². The van der Waals surface area contributed by atoms with Gasteiger partial charge in [0.25, 0.3) is 5.91 Å². The van der Waals surface area contributed by atoms with Crippen LogP contribution in [0.15, 0.2) is 30.3 Å². The lowest BCUT2D eigenvalue weighted by molar-refractivity contribution is -0.169. The van der Waals surface area contributed by atoms with Gasteiger partial charge in [0.15, 0.2) is 5.79 Å². The molecule has 0 aliphatic carbocycles. The molecule has 1 amide bonds.